The molecule has 0 heterocycles. The van der Waals surface area contributed by atoms with Crippen LogP contribution >= 0.6 is 0 Å². The SMILES string of the molecule is CCCCCCC(=O)NCCCCC(NC(=O)NC(CCC(=O)O)C(=O)O)C(=O)O. The van der Waals surface area contributed by atoms with Gasteiger partial charge in [0.1, 0.15) is 12.1 Å². The molecular formula is C19H33N3O8. The zero-order valence-corrected chi connectivity index (χ0v) is 17.3. The molecule has 2 unspecified atom stereocenters. The van der Waals surface area contributed by atoms with Crippen molar-refractivity contribution < 1.29 is 39.3 Å². The second-order valence-electron chi connectivity index (χ2n) is 6.99. The molecule has 0 aliphatic heterocycles. The molecule has 0 aromatic heterocycles. The molecule has 172 valence electrons. The van der Waals surface area contributed by atoms with Gasteiger partial charge in [-0.25, -0.2) is 14.4 Å². The zero-order chi connectivity index (χ0) is 22.9. The summed E-state index contributed by atoms with van der Waals surface area (Å²) in [4.78, 5) is 56.5. The van der Waals surface area contributed by atoms with Crippen LogP contribution in [0.1, 0.15) is 71.1 Å². The minimum Gasteiger partial charge on any atom is -0.481 e. The van der Waals surface area contributed by atoms with Crippen molar-refractivity contribution in [3.05, 3.63) is 0 Å². The van der Waals surface area contributed by atoms with Gasteiger partial charge in [-0.1, -0.05) is 26.2 Å². The Labute approximate surface area is 175 Å². The Kier molecular flexibility index (Phi) is 14.5. The van der Waals surface area contributed by atoms with E-state index in [1.54, 1.807) is 0 Å². The van der Waals surface area contributed by atoms with Crippen LogP contribution in [0.5, 0.6) is 0 Å². The van der Waals surface area contributed by atoms with Gasteiger partial charge in [-0.05, 0) is 32.1 Å². The van der Waals surface area contributed by atoms with E-state index in [4.69, 9.17) is 10.2 Å². The van der Waals surface area contributed by atoms with Gasteiger partial charge in [0.2, 0.25) is 5.91 Å². The summed E-state index contributed by atoms with van der Waals surface area (Å²) < 4.78 is 0. The van der Waals surface area contributed by atoms with E-state index in [9.17, 15) is 29.1 Å². The zero-order valence-electron chi connectivity index (χ0n) is 17.3. The molecule has 11 nitrogen and oxygen atoms in total. The number of rotatable bonds is 17. The quantitative estimate of drug-likeness (QED) is 0.186. The average Bonchev–Trinajstić information content (AvgIpc) is 2.66. The topological polar surface area (TPSA) is 182 Å². The van der Waals surface area contributed by atoms with E-state index in [0.29, 0.717) is 25.8 Å². The maximum absolute atomic E-state index is 11.9. The fourth-order valence-electron chi connectivity index (χ4n) is 2.64. The van der Waals surface area contributed by atoms with Crippen molar-refractivity contribution in [2.45, 2.75) is 83.2 Å². The molecule has 0 fully saturated rings. The predicted molar refractivity (Wildman–Crippen MR) is 107 cm³/mol. The number of carboxylic acids is 3. The number of aliphatic carboxylic acids is 3. The lowest BCUT2D eigenvalue weighted by Gasteiger charge is -2.18. The van der Waals surface area contributed by atoms with E-state index in [1.807, 2.05) is 0 Å². The monoisotopic (exact) mass is 431 g/mol. The fraction of sp³-hybridized carbons (Fsp3) is 0.737. The van der Waals surface area contributed by atoms with Gasteiger partial charge in [0.05, 0.1) is 0 Å². The molecule has 0 bridgehead atoms. The minimum absolute atomic E-state index is 0.0422. The molecule has 0 radical (unpaired) electrons. The minimum atomic E-state index is -1.44. The van der Waals surface area contributed by atoms with Crippen molar-refractivity contribution in [2.24, 2.45) is 0 Å². The third-order valence-electron chi connectivity index (χ3n) is 4.35. The molecular weight excluding hydrogens is 398 g/mol. The third-order valence-corrected chi connectivity index (χ3v) is 4.35. The summed E-state index contributed by atoms with van der Waals surface area (Å²) in [6, 6.07) is -3.67. The van der Waals surface area contributed by atoms with Gasteiger partial charge in [0.25, 0.3) is 0 Å². The molecule has 0 aliphatic rings. The first-order valence-electron chi connectivity index (χ1n) is 10.2. The molecule has 0 aromatic rings. The van der Waals surface area contributed by atoms with Crippen molar-refractivity contribution in [1.29, 1.82) is 0 Å². The number of nitrogens with one attached hydrogen (secondary N) is 3. The molecule has 2 atom stereocenters. The molecule has 0 saturated heterocycles. The smallest absolute Gasteiger partial charge is 0.326 e. The molecule has 0 aromatic carbocycles. The Bertz CT molecular complexity index is 582. The lowest BCUT2D eigenvalue weighted by atomic mass is 10.1. The first-order valence-corrected chi connectivity index (χ1v) is 10.2. The van der Waals surface area contributed by atoms with Crippen LogP contribution in [-0.2, 0) is 19.2 Å². The Morgan fingerprint density at radius 1 is 0.733 bits per heavy atom. The molecule has 30 heavy (non-hydrogen) atoms. The van der Waals surface area contributed by atoms with Gasteiger partial charge in [0.15, 0.2) is 0 Å². The second-order valence-corrected chi connectivity index (χ2v) is 6.99. The maximum Gasteiger partial charge on any atom is 0.326 e. The Hall–Kier alpha value is -2.85. The summed E-state index contributed by atoms with van der Waals surface area (Å²) in [5, 5.41) is 33.9. The van der Waals surface area contributed by atoms with E-state index in [0.717, 1.165) is 25.7 Å². The fourth-order valence-corrected chi connectivity index (χ4v) is 2.64. The first kappa shape index (κ1) is 27.1. The van der Waals surface area contributed by atoms with Gasteiger partial charge < -0.3 is 31.3 Å². The second kappa shape index (κ2) is 16.0. The summed E-state index contributed by atoms with van der Waals surface area (Å²) in [6.07, 6.45) is 4.78. The molecule has 0 rings (SSSR count). The van der Waals surface area contributed by atoms with E-state index in [2.05, 4.69) is 22.9 Å². The van der Waals surface area contributed by atoms with Gasteiger partial charge >= 0.3 is 23.9 Å². The summed E-state index contributed by atoms with van der Waals surface area (Å²) >= 11 is 0. The van der Waals surface area contributed by atoms with Crippen molar-refractivity contribution in [1.82, 2.24) is 16.0 Å². The van der Waals surface area contributed by atoms with Gasteiger partial charge in [0, 0.05) is 19.4 Å². The lowest BCUT2D eigenvalue weighted by molar-refractivity contribution is -0.140. The first-order chi connectivity index (χ1) is 14.2. The van der Waals surface area contributed by atoms with Crippen LogP contribution in [0.4, 0.5) is 4.79 Å². The summed E-state index contributed by atoms with van der Waals surface area (Å²) in [7, 11) is 0. The summed E-state index contributed by atoms with van der Waals surface area (Å²) in [6.45, 7) is 2.49. The van der Waals surface area contributed by atoms with Gasteiger partial charge in [-0.15, -0.1) is 0 Å². The average molecular weight is 431 g/mol. The standard InChI is InChI=1S/C19H33N3O8/c1-2-3-4-5-9-15(23)20-12-7-6-8-13(17(26)27)21-19(30)22-14(18(28)29)10-11-16(24)25/h13-14H,2-12H2,1H3,(H,20,23)(H,24,25)(H,26,27)(H,28,29)(H2,21,22,30). The number of carboxylic acid groups (broad SMARTS) is 3. The normalized spacial score (nSPS) is 12.4. The predicted octanol–water partition coefficient (Wildman–Crippen LogP) is 1.31. The number of unbranched alkanes of at least 4 members (excludes halogenated alkanes) is 4. The number of hydrogen-bond acceptors (Lipinski definition) is 5. The molecule has 6 N–H and O–H groups in total. The van der Waals surface area contributed by atoms with Crippen molar-refractivity contribution in [3.63, 3.8) is 0 Å². The Balaban J connectivity index is 4.23. The highest BCUT2D eigenvalue weighted by atomic mass is 16.4. The van der Waals surface area contributed by atoms with Gasteiger partial charge in [-0.3, -0.25) is 9.59 Å². The summed E-state index contributed by atoms with van der Waals surface area (Å²) in [5.74, 6) is -3.94. The maximum atomic E-state index is 11.9. The van der Waals surface area contributed by atoms with E-state index in [1.165, 1.54) is 0 Å². The van der Waals surface area contributed by atoms with Crippen LogP contribution in [0, 0.1) is 0 Å². The number of carbonyl (C=O) groups is 5. The van der Waals surface area contributed by atoms with Crippen LogP contribution in [0.15, 0.2) is 0 Å². The summed E-state index contributed by atoms with van der Waals surface area (Å²) in [5.41, 5.74) is 0. The largest absolute Gasteiger partial charge is 0.481 e. The molecule has 0 aliphatic carbocycles. The van der Waals surface area contributed by atoms with Crippen LogP contribution in [-0.4, -0.2) is 63.8 Å². The van der Waals surface area contributed by atoms with Crippen LogP contribution in [0.25, 0.3) is 0 Å². The number of urea groups is 1. The highest BCUT2D eigenvalue weighted by Crippen LogP contribution is 2.04. The molecule has 0 spiro atoms. The Morgan fingerprint density at radius 3 is 1.87 bits per heavy atom. The number of hydrogen-bond donors (Lipinski definition) is 6. The van der Waals surface area contributed by atoms with Crippen molar-refractivity contribution in [2.75, 3.05) is 6.54 Å². The van der Waals surface area contributed by atoms with Crippen LogP contribution in [0.3, 0.4) is 0 Å². The van der Waals surface area contributed by atoms with Crippen molar-refractivity contribution >= 4 is 29.8 Å². The highest BCUT2D eigenvalue weighted by Gasteiger charge is 2.24. The molecule has 11 heteroatoms. The van der Waals surface area contributed by atoms with E-state index in [-0.39, 0.29) is 18.7 Å². The molecule has 3 amide bonds. The number of carbonyl (C=O) groups excluding carboxylic acids is 2. The third kappa shape index (κ3) is 14.2. The van der Waals surface area contributed by atoms with E-state index >= 15 is 0 Å². The lowest BCUT2D eigenvalue weighted by Crippen LogP contribution is -2.51. The Morgan fingerprint density at radius 2 is 1.33 bits per heavy atom. The van der Waals surface area contributed by atoms with Crippen LogP contribution in [0.2, 0.25) is 0 Å². The van der Waals surface area contributed by atoms with Gasteiger partial charge in [-0.2, -0.15) is 0 Å². The van der Waals surface area contributed by atoms with Crippen molar-refractivity contribution in [3.8, 4) is 0 Å². The number of amides is 3. The highest BCUT2D eigenvalue weighted by molar-refractivity contribution is 5.86. The molecule has 0 saturated carbocycles. The van der Waals surface area contributed by atoms with Crippen LogP contribution < -0.4 is 16.0 Å². The van der Waals surface area contributed by atoms with E-state index < -0.39 is 42.4 Å².